The van der Waals surface area contributed by atoms with E-state index in [1.807, 2.05) is 36.5 Å². The number of ether oxygens (including phenoxy) is 2. The Morgan fingerprint density at radius 2 is 1.11 bits per heavy atom. The predicted molar refractivity (Wildman–Crippen MR) is 224 cm³/mol. The molecule has 1 unspecified atom stereocenters. The zero-order valence-corrected chi connectivity index (χ0v) is 35.2. The van der Waals surface area contributed by atoms with E-state index in [4.69, 9.17) is 19.1 Å². The molecule has 0 radical (unpaired) electrons. The lowest BCUT2D eigenvalue weighted by Crippen LogP contribution is -2.29. The van der Waals surface area contributed by atoms with Crippen LogP contribution in [0, 0.1) is 0 Å². The molecule has 3 N–H and O–H groups in total. The highest BCUT2D eigenvalue weighted by Crippen LogP contribution is 2.43. The molecule has 56 heavy (non-hydrogen) atoms. The Hall–Kier alpha value is -2.92. The number of phosphoric acid groups is 1. The molecule has 0 aromatic carbocycles. The molecule has 0 aliphatic heterocycles. The van der Waals surface area contributed by atoms with E-state index in [0.29, 0.717) is 25.7 Å². The second kappa shape index (κ2) is 38.9. The van der Waals surface area contributed by atoms with E-state index in [-0.39, 0.29) is 25.2 Å². The number of hydrogen-bond donors (Lipinski definition) is 3. The highest BCUT2D eigenvalue weighted by Gasteiger charge is 2.27. The van der Waals surface area contributed by atoms with E-state index < -0.39 is 51.8 Å². The summed E-state index contributed by atoms with van der Waals surface area (Å²) in [4.78, 5) is 46.6. The summed E-state index contributed by atoms with van der Waals surface area (Å²) < 4.78 is 32.6. The van der Waals surface area contributed by atoms with Gasteiger partial charge in [0.15, 0.2) is 11.9 Å². The predicted octanol–water partition coefficient (Wildman–Crippen LogP) is 10.1. The molecule has 0 aromatic rings. The Balaban J connectivity index is 4.50. The van der Waals surface area contributed by atoms with Crippen LogP contribution in [0.3, 0.4) is 0 Å². The minimum Gasteiger partial charge on any atom is -0.462 e. The number of phosphoric ester groups is 1. The van der Waals surface area contributed by atoms with E-state index >= 15 is 0 Å². The molecule has 0 aliphatic carbocycles. The van der Waals surface area contributed by atoms with Crippen molar-refractivity contribution in [2.24, 2.45) is 0 Å². The van der Waals surface area contributed by atoms with Crippen LogP contribution in [0.15, 0.2) is 72.9 Å². The first-order valence-electron chi connectivity index (χ1n) is 20.8. The van der Waals surface area contributed by atoms with Crippen molar-refractivity contribution in [3.63, 3.8) is 0 Å². The highest BCUT2D eigenvalue weighted by molar-refractivity contribution is 7.47. The summed E-state index contributed by atoms with van der Waals surface area (Å²) >= 11 is 0. The summed E-state index contributed by atoms with van der Waals surface area (Å²) in [5, 5.41) is 18.3. The third-order valence-corrected chi connectivity index (χ3v) is 9.26. The van der Waals surface area contributed by atoms with Crippen molar-refractivity contribution in [1.29, 1.82) is 0 Å². The summed E-state index contributed by atoms with van der Waals surface area (Å²) in [6.07, 6.45) is 40.0. The molecule has 0 aliphatic rings. The van der Waals surface area contributed by atoms with Crippen molar-refractivity contribution in [1.82, 2.24) is 0 Å². The third-order valence-electron chi connectivity index (χ3n) is 8.31. The van der Waals surface area contributed by atoms with Crippen molar-refractivity contribution in [2.75, 3.05) is 26.4 Å². The van der Waals surface area contributed by atoms with Gasteiger partial charge in [-0.25, -0.2) is 4.57 Å². The maximum Gasteiger partial charge on any atom is 0.472 e. The molecule has 12 heteroatoms. The fourth-order valence-electron chi connectivity index (χ4n) is 5.03. The first-order chi connectivity index (χ1) is 27.1. The van der Waals surface area contributed by atoms with E-state index in [9.17, 15) is 28.9 Å². The summed E-state index contributed by atoms with van der Waals surface area (Å²) in [7, 11) is -4.65. The van der Waals surface area contributed by atoms with Crippen molar-refractivity contribution < 1.29 is 52.6 Å². The second-order valence-electron chi connectivity index (χ2n) is 13.7. The lowest BCUT2D eigenvalue weighted by molar-refractivity contribution is -0.161. The molecule has 0 heterocycles. The van der Waals surface area contributed by atoms with E-state index in [0.717, 1.165) is 77.0 Å². The Kier molecular flexibility index (Phi) is 36.9. The van der Waals surface area contributed by atoms with Gasteiger partial charge in [-0.3, -0.25) is 23.4 Å². The Bertz CT molecular complexity index is 1220. The molecule has 0 spiro atoms. The van der Waals surface area contributed by atoms with Crippen LogP contribution < -0.4 is 0 Å². The number of aliphatic hydroxyl groups is 2. The number of carbonyl (C=O) groups is 3. The van der Waals surface area contributed by atoms with Crippen LogP contribution in [0.25, 0.3) is 0 Å². The van der Waals surface area contributed by atoms with Gasteiger partial charge < -0.3 is 24.6 Å². The Morgan fingerprint density at radius 1 is 0.589 bits per heavy atom. The average molecular weight is 809 g/mol. The molecular weight excluding hydrogens is 735 g/mol. The van der Waals surface area contributed by atoms with Crippen molar-refractivity contribution in [2.45, 2.75) is 161 Å². The van der Waals surface area contributed by atoms with Crippen LogP contribution >= 0.6 is 7.82 Å². The van der Waals surface area contributed by atoms with Gasteiger partial charge in [0.05, 0.1) is 19.8 Å². The number of esters is 2. The summed E-state index contributed by atoms with van der Waals surface area (Å²) in [6.45, 7) is 2.07. The van der Waals surface area contributed by atoms with Gasteiger partial charge in [0.1, 0.15) is 12.7 Å². The average Bonchev–Trinajstić information content (AvgIpc) is 3.18. The Morgan fingerprint density at radius 3 is 1.77 bits per heavy atom. The van der Waals surface area contributed by atoms with Crippen molar-refractivity contribution >= 4 is 25.5 Å². The normalized spacial score (nSPS) is 14.5. The number of carbonyl (C=O) groups excluding carboxylic acids is 3. The van der Waals surface area contributed by atoms with Gasteiger partial charge in [0.25, 0.3) is 0 Å². The zero-order chi connectivity index (χ0) is 41.4. The molecule has 0 saturated heterocycles. The van der Waals surface area contributed by atoms with E-state index in [1.54, 1.807) is 12.2 Å². The largest absolute Gasteiger partial charge is 0.472 e. The van der Waals surface area contributed by atoms with Gasteiger partial charge in [-0.1, -0.05) is 126 Å². The van der Waals surface area contributed by atoms with Crippen LogP contribution in [-0.2, 0) is 37.5 Å². The van der Waals surface area contributed by atoms with Crippen LogP contribution in [0.2, 0.25) is 0 Å². The fourth-order valence-corrected chi connectivity index (χ4v) is 5.82. The summed E-state index contributed by atoms with van der Waals surface area (Å²) in [5.41, 5.74) is 0. The smallest absolute Gasteiger partial charge is 0.462 e. The number of unbranched alkanes of at least 4 members (excludes halogenated alkanes) is 11. The molecule has 3 atom stereocenters. The fraction of sp³-hybridized carbons (Fsp3) is 0.659. The second-order valence-corrected chi connectivity index (χ2v) is 15.1. The zero-order valence-electron chi connectivity index (χ0n) is 34.3. The molecule has 0 fully saturated rings. The molecule has 0 amide bonds. The van der Waals surface area contributed by atoms with Gasteiger partial charge in [-0.05, 0) is 76.7 Å². The highest BCUT2D eigenvalue weighted by atomic mass is 31.2. The summed E-state index contributed by atoms with van der Waals surface area (Å²) in [6, 6.07) is 0. The van der Waals surface area contributed by atoms with Gasteiger partial charge in [-0.15, -0.1) is 0 Å². The number of hydrogen-bond acceptors (Lipinski definition) is 10. The topological polar surface area (TPSA) is 166 Å². The van der Waals surface area contributed by atoms with Crippen LogP contribution in [0.5, 0.6) is 0 Å². The molecular formula is C44H73O11P. The third kappa shape index (κ3) is 38.0. The molecule has 0 aromatic heterocycles. The number of aliphatic hydroxyl groups excluding tert-OH is 2. The van der Waals surface area contributed by atoms with Crippen LogP contribution in [0.4, 0.5) is 0 Å². The first-order valence-corrected chi connectivity index (χ1v) is 22.3. The van der Waals surface area contributed by atoms with E-state index in [1.165, 1.54) is 19.3 Å². The number of allylic oxidation sites excluding steroid dienone is 12. The molecule has 0 bridgehead atoms. The number of ketones is 1. The van der Waals surface area contributed by atoms with Gasteiger partial charge in [0.2, 0.25) is 0 Å². The van der Waals surface area contributed by atoms with Gasteiger partial charge in [0, 0.05) is 19.3 Å². The summed E-state index contributed by atoms with van der Waals surface area (Å²) in [5.74, 6) is -0.891. The minimum atomic E-state index is -4.65. The van der Waals surface area contributed by atoms with E-state index in [2.05, 4.69) is 42.7 Å². The molecule has 0 rings (SSSR count). The molecule has 11 nitrogen and oxygen atoms in total. The molecule has 0 saturated carbocycles. The lowest BCUT2D eigenvalue weighted by atomic mass is 10.1. The van der Waals surface area contributed by atoms with Crippen LogP contribution in [0.1, 0.15) is 149 Å². The first kappa shape index (κ1) is 53.1. The standard InChI is InChI=1S/C44H73O11P/c1-3-5-7-8-9-10-11-12-13-14-17-21-24-27-31-35-44(49)55-42(39-54-56(50,51)53-37-41(47)36-45)38-52-43(48)34-30-26-23-20-18-15-16-19-22-25-29-33-40(46)32-28-6-4-2/h9-10,12-13,15-16,20,22-23,25,29,33,41-42,45,47H,3-8,11,14,17-19,21,24,26-28,30-32,34-39H2,1-2H3,(H,50,51)/b10-9-,13-12-,16-15-,23-20-,25-22-,33-29+/t41-,42+/m0/s1. The SMILES string of the molecule is CCCCC/C=C\C/C=C\CCCCCCCC(=O)O[C@H](COC(=O)CCC/C=C\C/C=C\C/C=C\C=C\C(=O)CCCCC)COP(=O)(O)OC[C@@H](O)CO. The lowest BCUT2D eigenvalue weighted by Gasteiger charge is -2.20. The van der Waals surface area contributed by atoms with Crippen LogP contribution in [-0.4, -0.2) is 71.5 Å². The quantitative estimate of drug-likeness (QED) is 0.0136. The molecule has 320 valence electrons. The Labute approximate surface area is 337 Å². The minimum absolute atomic E-state index is 0.133. The number of rotatable bonds is 38. The van der Waals surface area contributed by atoms with Gasteiger partial charge in [-0.2, -0.15) is 0 Å². The monoisotopic (exact) mass is 808 g/mol. The maximum absolute atomic E-state index is 12.6. The van der Waals surface area contributed by atoms with Gasteiger partial charge >= 0.3 is 19.8 Å². The van der Waals surface area contributed by atoms with Crippen molar-refractivity contribution in [3.05, 3.63) is 72.9 Å². The maximum atomic E-state index is 12.6. The van der Waals surface area contributed by atoms with Crippen molar-refractivity contribution in [3.8, 4) is 0 Å².